The van der Waals surface area contributed by atoms with Crippen LogP contribution in [0, 0.1) is 11.3 Å². The van der Waals surface area contributed by atoms with Crippen molar-refractivity contribution >= 4 is 45.1 Å². The molecule has 24 heavy (non-hydrogen) atoms. The molecular weight excluding hydrogens is 428 g/mol. The van der Waals surface area contributed by atoms with E-state index in [0.29, 0.717) is 5.56 Å². The van der Waals surface area contributed by atoms with Crippen molar-refractivity contribution in [2.24, 2.45) is 4.99 Å². The van der Waals surface area contributed by atoms with Crippen molar-refractivity contribution in [3.8, 4) is 6.07 Å². The van der Waals surface area contributed by atoms with Crippen molar-refractivity contribution < 1.29 is 0 Å². The number of nitrogens with zero attached hydrogens (tertiary/aromatic N) is 2. The van der Waals surface area contributed by atoms with Crippen molar-refractivity contribution in [3.05, 3.63) is 90.5 Å². The molecule has 4 heteroatoms. The van der Waals surface area contributed by atoms with Gasteiger partial charge in [0.05, 0.1) is 0 Å². The summed E-state index contributed by atoms with van der Waals surface area (Å²) < 4.78 is 2.52. The summed E-state index contributed by atoms with van der Waals surface area (Å²) in [6, 6.07) is 30.4. The normalized spacial score (nSPS) is 11.0. The Morgan fingerprint density at radius 3 is 2.08 bits per heavy atom. The molecule has 0 saturated carbocycles. The number of hydrogen-bond donors (Lipinski definition) is 0. The van der Waals surface area contributed by atoms with E-state index in [2.05, 4.69) is 42.5 Å². The summed E-state index contributed by atoms with van der Waals surface area (Å²) in [5.41, 5.74) is 1.55. The molecule has 0 atom stereocenters. The second kappa shape index (κ2) is 8.71. The van der Waals surface area contributed by atoms with Gasteiger partial charge in [0, 0.05) is 0 Å². The number of nitriles is 1. The second-order valence-electron chi connectivity index (χ2n) is 4.87. The van der Waals surface area contributed by atoms with E-state index in [4.69, 9.17) is 10.3 Å². The number of thioether (sulfide) groups is 1. The minimum absolute atomic E-state index is 0.560. The van der Waals surface area contributed by atoms with Gasteiger partial charge in [0.1, 0.15) is 0 Å². The summed E-state index contributed by atoms with van der Waals surface area (Å²) in [5.74, 6) is 0. The van der Waals surface area contributed by atoms with Gasteiger partial charge in [0.15, 0.2) is 0 Å². The van der Waals surface area contributed by atoms with E-state index < -0.39 is 20.9 Å². The predicted molar refractivity (Wildman–Crippen MR) is 102 cm³/mol. The molecule has 0 aliphatic carbocycles. The fourth-order valence-corrected chi connectivity index (χ4v) is 6.32. The van der Waals surface area contributed by atoms with E-state index in [1.165, 1.54) is 8.51 Å². The summed E-state index contributed by atoms with van der Waals surface area (Å²) in [4.78, 5) is 6.05. The summed E-state index contributed by atoms with van der Waals surface area (Å²) in [6.45, 7) is 0. The van der Waals surface area contributed by atoms with E-state index in [0.717, 1.165) is 8.78 Å². The zero-order valence-electron chi connectivity index (χ0n) is 12.8. The molecule has 0 unspecified atom stereocenters. The van der Waals surface area contributed by atoms with Gasteiger partial charge in [-0.15, -0.1) is 0 Å². The van der Waals surface area contributed by atoms with Crippen LogP contribution in [0.2, 0.25) is 0 Å². The maximum atomic E-state index is 8.92. The van der Waals surface area contributed by atoms with Gasteiger partial charge in [-0.25, -0.2) is 0 Å². The molecule has 0 heterocycles. The molecule has 0 aromatic heterocycles. The Labute approximate surface area is 156 Å². The quantitative estimate of drug-likeness (QED) is 0.261. The first kappa shape index (κ1) is 16.8. The molecule has 0 amide bonds. The van der Waals surface area contributed by atoms with Gasteiger partial charge in [0.25, 0.3) is 0 Å². The Hall–Kier alpha value is -2.04. The fraction of sp³-hybridized carbons (Fsp3) is 0. The van der Waals surface area contributed by atoms with Crippen LogP contribution in [0.3, 0.4) is 0 Å². The number of hydrogen-bond acceptors (Lipinski definition) is 3. The maximum absolute atomic E-state index is 8.92. The molecule has 116 valence electrons. The first-order valence-electron chi connectivity index (χ1n) is 7.38. The van der Waals surface area contributed by atoms with Gasteiger partial charge in [-0.1, -0.05) is 0 Å². The van der Waals surface area contributed by atoms with E-state index in [1.54, 1.807) is 11.8 Å². The Kier molecular flexibility index (Phi) is 6.10. The van der Waals surface area contributed by atoms with Crippen molar-refractivity contribution in [3.63, 3.8) is 0 Å². The monoisotopic (exact) mass is 444 g/mol. The summed E-state index contributed by atoms with van der Waals surface area (Å²) in [7, 11) is 0. The fourth-order valence-electron chi connectivity index (χ4n) is 1.96. The average Bonchev–Trinajstić information content (AvgIpc) is 2.64. The van der Waals surface area contributed by atoms with Crippen molar-refractivity contribution in [2.45, 2.75) is 4.90 Å². The van der Waals surface area contributed by atoms with Crippen molar-refractivity contribution in [2.75, 3.05) is 0 Å². The summed E-state index contributed by atoms with van der Waals surface area (Å²) >= 11 is 1.17. The van der Waals surface area contributed by atoms with Crippen LogP contribution in [0.5, 0.6) is 0 Å². The molecule has 0 radical (unpaired) electrons. The van der Waals surface area contributed by atoms with Crippen molar-refractivity contribution in [1.82, 2.24) is 0 Å². The second-order valence-corrected chi connectivity index (χ2v) is 9.77. The Bertz CT molecular complexity index is 810. The molecule has 3 aromatic carbocycles. The van der Waals surface area contributed by atoms with Crippen LogP contribution in [0.1, 0.15) is 5.56 Å². The van der Waals surface area contributed by atoms with Crippen LogP contribution in [0.15, 0.2) is 94.8 Å². The van der Waals surface area contributed by atoms with Crippen LogP contribution < -0.4 is 3.61 Å². The minimum atomic E-state index is -0.560. The van der Waals surface area contributed by atoms with Crippen LogP contribution in [0.25, 0.3) is 0 Å². The third kappa shape index (κ3) is 4.98. The molecule has 0 aliphatic rings. The molecule has 0 saturated heterocycles. The molecule has 0 N–H and O–H groups in total. The summed E-state index contributed by atoms with van der Waals surface area (Å²) in [6.07, 6.45) is 0. The van der Waals surface area contributed by atoms with Gasteiger partial charge >= 0.3 is 157 Å². The van der Waals surface area contributed by atoms with Crippen LogP contribution in [-0.4, -0.2) is 24.0 Å². The molecule has 0 spiro atoms. The molecule has 2 nitrogen and oxygen atoms in total. The van der Waals surface area contributed by atoms with Crippen LogP contribution in [0.4, 0.5) is 5.69 Å². The molecule has 3 aromatic rings. The standard InChI is InChI=1S/C20H14N2STe/c21-15-16-11-13-17(14-12-16)22-20(23-18-7-3-1-4-8-18)24-19-9-5-2-6-10-19/h1-14H. The van der Waals surface area contributed by atoms with Gasteiger partial charge < -0.3 is 0 Å². The number of aliphatic imine (C=N–C) groups is 1. The topological polar surface area (TPSA) is 36.1 Å². The Morgan fingerprint density at radius 2 is 1.46 bits per heavy atom. The molecule has 3 rings (SSSR count). The zero-order valence-corrected chi connectivity index (χ0v) is 15.9. The predicted octanol–water partition coefficient (Wildman–Crippen LogP) is 4.37. The van der Waals surface area contributed by atoms with Crippen LogP contribution in [-0.2, 0) is 0 Å². The zero-order chi connectivity index (χ0) is 16.6. The average molecular weight is 442 g/mol. The van der Waals surface area contributed by atoms with E-state index >= 15 is 0 Å². The molecule has 0 bridgehead atoms. The first-order valence-corrected chi connectivity index (χ1v) is 10.5. The third-order valence-corrected chi connectivity index (χ3v) is 7.37. The molecule has 0 aliphatic heterocycles. The van der Waals surface area contributed by atoms with E-state index in [9.17, 15) is 0 Å². The van der Waals surface area contributed by atoms with Gasteiger partial charge in [-0.3, -0.25) is 0 Å². The van der Waals surface area contributed by atoms with Gasteiger partial charge in [0.2, 0.25) is 0 Å². The van der Waals surface area contributed by atoms with E-state index in [1.807, 2.05) is 48.5 Å². The van der Waals surface area contributed by atoms with Gasteiger partial charge in [-0.2, -0.15) is 0 Å². The SMILES string of the molecule is N#Cc1ccc(N=C(Sc2ccccc2)[Te]c2ccccc2)cc1. The van der Waals surface area contributed by atoms with Crippen LogP contribution >= 0.6 is 11.8 Å². The first-order chi connectivity index (χ1) is 11.8. The van der Waals surface area contributed by atoms with E-state index in [-0.39, 0.29) is 0 Å². The molecular formula is C20H14N2STe. The number of rotatable bonds is 4. The summed E-state index contributed by atoms with van der Waals surface area (Å²) in [5, 5.41) is 8.92. The Morgan fingerprint density at radius 1 is 0.833 bits per heavy atom. The van der Waals surface area contributed by atoms with Crippen molar-refractivity contribution in [1.29, 1.82) is 5.26 Å². The number of benzene rings is 3. The molecule has 0 fully saturated rings. The third-order valence-electron chi connectivity index (χ3n) is 3.11. The Balaban J connectivity index is 1.88. The van der Waals surface area contributed by atoms with Gasteiger partial charge in [-0.05, 0) is 0 Å².